The van der Waals surface area contributed by atoms with E-state index < -0.39 is 11.8 Å². The molecule has 0 saturated carbocycles. The molecule has 9 heteroatoms. The van der Waals surface area contributed by atoms with Gasteiger partial charge in [0.25, 0.3) is 11.8 Å². The van der Waals surface area contributed by atoms with E-state index in [4.69, 9.17) is 27.9 Å². The molecule has 36 heavy (non-hydrogen) atoms. The van der Waals surface area contributed by atoms with Crippen LogP contribution in [0.5, 0.6) is 5.75 Å². The largest absolute Gasteiger partial charge is 0.494 e. The molecule has 0 atom stereocenters. The molecule has 7 nitrogen and oxygen atoms in total. The summed E-state index contributed by atoms with van der Waals surface area (Å²) in [7, 11) is 0. The van der Waals surface area contributed by atoms with Crippen LogP contribution in [0, 0.1) is 0 Å². The first-order chi connectivity index (χ1) is 17.4. The van der Waals surface area contributed by atoms with Gasteiger partial charge in [-0.05, 0) is 60.5 Å². The van der Waals surface area contributed by atoms with E-state index in [-0.39, 0.29) is 23.1 Å². The van der Waals surface area contributed by atoms with Crippen molar-refractivity contribution in [1.29, 1.82) is 0 Å². The number of halogens is 2. The molecule has 1 heterocycles. The first kappa shape index (κ1) is 25.3. The molecule has 0 saturated heterocycles. The Labute approximate surface area is 218 Å². The molecule has 0 unspecified atom stereocenters. The molecule has 0 aromatic heterocycles. The molecule has 4 rings (SSSR count). The van der Waals surface area contributed by atoms with Crippen molar-refractivity contribution in [3.8, 4) is 5.75 Å². The lowest BCUT2D eigenvalue weighted by atomic mass is 10.1. The predicted octanol–water partition coefficient (Wildman–Crippen LogP) is 5.03. The lowest BCUT2D eigenvalue weighted by Crippen LogP contribution is -2.32. The minimum Gasteiger partial charge on any atom is -0.494 e. The zero-order valence-corrected chi connectivity index (χ0v) is 20.9. The minimum absolute atomic E-state index is 0.0132. The second kappa shape index (κ2) is 11.3. The maximum atomic E-state index is 13.0. The predicted molar refractivity (Wildman–Crippen MR) is 140 cm³/mol. The maximum Gasteiger partial charge on any atom is 0.283 e. The van der Waals surface area contributed by atoms with E-state index in [1.165, 1.54) is 0 Å². The molecule has 184 valence electrons. The number of carbonyl (C=O) groups is 3. The Morgan fingerprint density at radius 1 is 0.917 bits per heavy atom. The third kappa shape index (κ3) is 5.70. The smallest absolute Gasteiger partial charge is 0.283 e. The molecule has 0 aliphatic carbocycles. The van der Waals surface area contributed by atoms with E-state index in [0.29, 0.717) is 35.3 Å². The van der Waals surface area contributed by atoms with Crippen molar-refractivity contribution >= 4 is 52.3 Å². The van der Waals surface area contributed by atoms with Crippen molar-refractivity contribution in [1.82, 2.24) is 5.32 Å². The Bertz CT molecular complexity index is 1320. The van der Waals surface area contributed by atoms with Crippen molar-refractivity contribution in [3.63, 3.8) is 0 Å². The Morgan fingerprint density at radius 2 is 1.61 bits per heavy atom. The van der Waals surface area contributed by atoms with E-state index in [1.807, 2.05) is 25.1 Å². The molecule has 3 aromatic carbocycles. The lowest BCUT2D eigenvalue weighted by molar-refractivity contribution is -0.121. The molecule has 2 N–H and O–H groups in total. The topological polar surface area (TPSA) is 87.7 Å². The number of nitrogens with one attached hydrogen (secondary N) is 2. The molecule has 0 bridgehead atoms. The normalized spacial score (nSPS) is 13.2. The van der Waals surface area contributed by atoms with E-state index >= 15 is 0 Å². The van der Waals surface area contributed by atoms with Gasteiger partial charge in [0, 0.05) is 17.3 Å². The minimum atomic E-state index is -0.611. The number of hydrogen-bond donors (Lipinski definition) is 2. The van der Waals surface area contributed by atoms with E-state index in [9.17, 15) is 14.4 Å². The number of anilines is 2. The Morgan fingerprint density at radius 3 is 2.28 bits per heavy atom. The SMILES string of the molecule is CCOc1ccc(N2C(=O)C(Cl)=C(Nc3ccc(CC(=O)NCc4ccccc4Cl)cc3)C2=O)cc1. The summed E-state index contributed by atoms with van der Waals surface area (Å²) in [6.07, 6.45) is 0.178. The maximum absolute atomic E-state index is 13.0. The van der Waals surface area contributed by atoms with Gasteiger partial charge in [-0.25, -0.2) is 4.90 Å². The van der Waals surface area contributed by atoms with Gasteiger partial charge in [0.15, 0.2) is 0 Å². The second-order valence-electron chi connectivity index (χ2n) is 7.93. The summed E-state index contributed by atoms with van der Waals surface area (Å²) in [4.78, 5) is 39.0. The van der Waals surface area contributed by atoms with Gasteiger partial charge in [0.2, 0.25) is 5.91 Å². The Kier molecular flexibility index (Phi) is 7.93. The molecule has 1 aliphatic rings. The highest BCUT2D eigenvalue weighted by Crippen LogP contribution is 2.31. The van der Waals surface area contributed by atoms with Crippen LogP contribution in [-0.4, -0.2) is 24.3 Å². The fourth-order valence-electron chi connectivity index (χ4n) is 3.64. The van der Waals surface area contributed by atoms with Crippen LogP contribution in [0.3, 0.4) is 0 Å². The van der Waals surface area contributed by atoms with Crippen LogP contribution >= 0.6 is 23.2 Å². The number of hydrogen-bond acceptors (Lipinski definition) is 5. The third-order valence-electron chi connectivity index (χ3n) is 5.46. The summed E-state index contributed by atoms with van der Waals surface area (Å²) in [6, 6.07) is 20.9. The number of imide groups is 1. The quantitative estimate of drug-likeness (QED) is 0.384. The third-order valence-corrected chi connectivity index (χ3v) is 6.17. The summed E-state index contributed by atoms with van der Waals surface area (Å²) in [5, 5.41) is 6.18. The zero-order chi connectivity index (χ0) is 25.7. The fraction of sp³-hybridized carbons (Fsp3) is 0.148. The van der Waals surface area contributed by atoms with Crippen LogP contribution in [0.25, 0.3) is 0 Å². The van der Waals surface area contributed by atoms with Crippen molar-refractivity contribution in [2.45, 2.75) is 19.9 Å². The van der Waals surface area contributed by atoms with Gasteiger partial charge in [-0.1, -0.05) is 53.5 Å². The van der Waals surface area contributed by atoms with Gasteiger partial charge >= 0.3 is 0 Å². The number of nitrogens with zero attached hydrogens (tertiary/aromatic N) is 1. The Hall–Kier alpha value is -3.81. The number of amides is 3. The van der Waals surface area contributed by atoms with Gasteiger partial charge in [-0.15, -0.1) is 0 Å². The molecule has 0 radical (unpaired) electrons. The van der Waals surface area contributed by atoms with Crippen LogP contribution < -0.4 is 20.3 Å². The summed E-state index contributed by atoms with van der Waals surface area (Å²) >= 11 is 12.3. The highest BCUT2D eigenvalue weighted by molar-refractivity contribution is 6.53. The van der Waals surface area contributed by atoms with Crippen LogP contribution in [-0.2, 0) is 27.3 Å². The van der Waals surface area contributed by atoms with Crippen LogP contribution in [0.1, 0.15) is 18.1 Å². The van der Waals surface area contributed by atoms with Gasteiger partial charge in [0.05, 0.1) is 18.7 Å². The molecular formula is C27H23Cl2N3O4. The fourth-order valence-corrected chi connectivity index (χ4v) is 4.05. The van der Waals surface area contributed by atoms with Crippen molar-refractivity contribution in [2.75, 3.05) is 16.8 Å². The van der Waals surface area contributed by atoms with Gasteiger partial charge < -0.3 is 15.4 Å². The van der Waals surface area contributed by atoms with E-state index in [2.05, 4.69) is 10.6 Å². The number of ether oxygens (including phenoxy) is 1. The summed E-state index contributed by atoms with van der Waals surface area (Å²) < 4.78 is 5.40. The van der Waals surface area contributed by atoms with E-state index in [0.717, 1.165) is 16.0 Å². The second-order valence-corrected chi connectivity index (χ2v) is 8.71. The average molecular weight is 524 g/mol. The van der Waals surface area contributed by atoms with Crippen LogP contribution in [0.4, 0.5) is 11.4 Å². The Balaban J connectivity index is 1.37. The van der Waals surface area contributed by atoms with E-state index in [1.54, 1.807) is 54.6 Å². The van der Waals surface area contributed by atoms with Crippen molar-refractivity contribution in [3.05, 3.63) is 99.7 Å². The van der Waals surface area contributed by atoms with Crippen LogP contribution in [0.2, 0.25) is 5.02 Å². The number of benzene rings is 3. The molecule has 0 spiro atoms. The van der Waals surface area contributed by atoms with Crippen LogP contribution in [0.15, 0.2) is 83.5 Å². The lowest BCUT2D eigenvalue weighted by Gasteiger charge is -2.15. The van der Waals surface area contributed by atoms with Gasteiger partial charge in [-0.3, -0.25) is 14.4 Å². The molecular weight excluding hydrogens is 501 g/mol. The standard InChI is InChI=1S/C27H23Cl2N3O4/c1-2-36-21-13-11-20(12-14-21)32-26(34)24(29)25(27(32)35)31-19-9-7-17(8-10-19)15-23(33)30-16-18-5-3-4-6-22(18)28/h3-14,31H,2,15-16H2,1H3,(H,30,33). The summed E-state index contributed by atoms with van der Waals surface area (Å²) in [6.45, 7) is 2.72. The molecule has 3 aromatic rings. The average Bonchev–Trinajstić information content (AvgIpc) is 3.08. The monoisotopic (exact) mass is 523 g/mol. The first-order valence-electron chi connectivity index (χ1n) is 11.2. The molecule has 3 amide bonds. The molecule has 1 aliphatic heterocycles. The summed E-state index contributed by atoms with van der Waals surface area (Å²) in [5.74, 6) is -0.684. The first-order valence-corrected chi connectivity index (χ1v) is 12.0. The molecule has 0 fully saturated rings. The van der Waals surface area contributed by atoms with Gasteiger partial charge in [0.1, 0.15) is 16.5 Å². The number of carbonyl (C=O) groups excluding carboxylic acids is 3. The highest BCUT2D eigenvalue weighted by atomic mass is 35.5. The van der Waals surface area contributed by atoms with Crippen molar-refractivity contribution < 1.29 is 19.1 Å². The number of rotatable bonds is 9. The van der Waals surface area contributed by atoms with Gasteiger partial charge in [-0.2, -0.15) is 0 Å². The zero-order valence-electron chi connectivity index (χ0n) is 19.4. The highest BCUT2D eigenvalue weighted by Gasteiger charge is 2.38. The summed E-state index contributed by atoms with van der Waals surface area (Å²) in [5.41, 5.74) is 2.55. The van der Waals surface area contributed by atoms with Crippen molar-refractivity contribution in [2.24, 2.45) is 0 Å².